The van der Waals surface area contributed by atoms with E-state index in [1.165, 1.54) is 24.3 Å². The number of anilines is 1. The van der Waals surface area contributed by atoms with Crippen molar-refractivity contribution in [3.63, 3.8) is 0 Å². The molecule has 23 heavy (non-hydrogen) atoms. The number of phenols is 1. The van der Waals surface area contributed by atoms with Gasteiger partial charge in [-0.1, -0.05) is 0 Å². The first kappa shape index (κ1) is 14.7. The molecular formula is C16H10F2N2O3. The summed E-state index contributed by atoms with van der Waals surface area (Å²) in [6.07, 6.45) is 1.07. The van der Waals surface area contributed by atoms with Crippen LogP contribution in [0.4, 0.5) is 14.5 Å². The third-order valence-electron chi connectivity index (χ3n) is 3.27. The number of aromatic hydroxyl groups is 1. The number of H-pyrrole nitrogens is 1. The van der Waals surface area contributed by atoms with Crippen molar-refractivity contribution >= 4 is 22.5 Å². The SMILES string of the molecule is O=C(Nc1ccc(O)cc1)c1c[nH]c2c(F)cc(F)cc2c1=O. The maximum absolute atomic E-state index is 13.6. The average Bonchev–Trinajstić information content (AvgIpc) is 2.50. The molecule has 0 spiro atoms. The molecule has 3 rings (SSSR count). The Labute approximate surface area is 128 Å². The fraction of sp³-hybridized carbons (Fsp3) is 0. The van der Waals surface area contributed by atoms with Gasteiger partial charge in [0.2, 0.25) is 5.43 Å². The minimum Gasteiger partial charge on any atom is -0.508 e. The molecule has 3 aromatic rings. The van der Waals surface area contributed by atoms with Crippen molar-refractivity contribution in [3.05, 3.63) is 70.0 Å². The zero-order chi connectivity index (χ0) is 16.6. The highest BCUT2D eigenvalue weighted by Gasteiger charge is 2.16. The van der Waals surface area contributed by atoms with E-state index in [9.17, 15) is 23.5 Å². The molecule has 1 heterocycles. The number of aromatic nitrogens is 1. The number of phenolic OH excluding ortho intramolecular Hbond substituents is 1. The number of aromatic amines is 1. The maximum atomic E-state index is 13.6. The zero-order valence-corrected chi connectivity index (χ0v) is 11.6. The predicted octanol–water partition coefficient (Wildman–Crippen LogP) is 2.76. The second-order valence-electron chi connectivity index (χ2n) is 4.84. The topological polar surface area (TPSA) is 82.2 Å². The Morgan fingerprint density at radius 1 is 1.13 bits per heavy atom. The second kappa shape index (κ2) is 5.53. The summed E-state index contributed by atoms with van der Waals surface area (Å²) in [6.45, 7) is 0. The zero-order valence-electron chi connectivity index (χ0n) is 11.6. The first-order valence-electron chi connectivity index (χ1n) is 6.56. The van der Waals surface area contributed by atoms with Crippen LogP contribution in [0, 0.1) is 11.6 Å². The number of rotatable bonds is 2. The summed E-state index contributed by atoms with van der Waals surface area (Å²) in [4.78, 5) is 26.9. The maximum Gasteiger partial charge on any atom is 0.261 e. The van der Waals surface area contributed by atoms with Crippen molar-refractivity contribution in [3.8, 4) is 5.75 Å². The van der Waals surface area contributed by atoms with Gasteiger partial charge >= 0.3 is 0 Å². The molecule has 0 aliphatic heterocycles. The molecule has 0 bridgehead atoms. The number of benzene rings is 2. The summed E-state index contributed by atoms with van der Waals surface area (Å²) in [5.74, 6) is -2.53. The van der Waals surface area contributed by atoms with Gasteiger partial charge in [-0.2, -0.15) is 0 Å². The van der Waals surface area contributed by atoms with Crippen molar-refractivity contribution in [2.75, 3.05) is 5.32 Å². The second-order valence-corrected chi connectivity index (χ2v) is 4.84. The van der Waals surface area contributed by atoms with E-state index in [1.54, 1.807) is 0 Å². The van der Waals surface area contributed by atoms with Gasteiger partial charge in [-0.3, -0.25) is 9.59 Å². The monoisotopic (exact) mass is 316 g/mol. The van der Waals surface area contributed by atoms with Gasteiger partial charge in [0.15, 0.2) is 0 Å². The normalized spacial score (nSPS) is 10.7. The van der Waals surface area contributed by atoms with E-state index in [0.29, 0.717) is 11.8 Å². The molecule has 0 saturated carbocycles. The Kier molecular flexibility index (Phi) is 3.53. The Morgan fingerprint density at radius 2 is 1.83 bits per heavy atom. The van der Waals surface area contributed by atoms with Crippen molar-refractivity contribution in [2.45, 2.75) is 0 Å². The van der Waals surface area contributed by atoms with Crippen molar-refractivity contribution < 1.29 is 18.7 Å². The lowest BCUT2D eigenvalue weighted by Crippen LogP contribution is -2.22. The molecular weight excluding hydrogens is 306 g/mol. The highest BCUT2D eigenvalue weighted by atomic mass is 19.1. The molecule has 0 atom stereocenters. The molecule has 0 radical (unpaired) electrons. The predicted molar refractivity (Wildman–Crippen MR) is 80.5 cm³/mol. The summed E-state index contributed by atoms with van der Waals surface area (Å²) in [6, 6.07) is 7.14. The molecule has 0 aliphatic rings. The summed E-state index contributed by atoms with van der Waals surface area (Å²) in [5, 5.41) is 11.4. The Balaban J connectivity index is 2.02. The molecule has 1 amide bonds. The smallest absolute Gasteiger partial charge is 0.261 e. The average molecular weight is 316 g/mol. The number of fused-ring (bicyclic) bond motifs is 1. The molecule has 7 heteroatoms. The molecule has 0 unspecified atom stereocenters. The van der Waals surface area contributed by atoms with E-state index in [0.717, 1.165) is 12.3 Å². The van der Waals surface area contributed by atoms with Crippen LogP contribution < -0.4 is 10.7 Å². The fourth-order valence-corrected chi connectivity index (χ4v) is 2.17. The van der Waals surface area contributed by atoms with E-state index in [1.807, 2.05) is 0 Å². The van der Waals surface area contributed by atoms with E-state index in [-0.39, 0.29) is 22.2 Å². The number of nitrogens with one attached hydrogen (secondary N) is 2. The number of halogens is 2. The largest absolute Gasteiger partial charge is 0.508 e. The molecule has 1 aromatic heterocycles. The van der Waals surface area contributed by atoms with Gasteiger partial charge in [-0.25, -0.2) is 8.78 Å². The number of hydrogen-bond acceptors (Lipinski definition) is 3. The first-order chi connectivity index (χ1) is 11.0. The fourth-order valence-electron chi connectivity index (χ4n) is 2.17. The Hall–Kier alpha value is -3.22. The van der Waals surface area contributed by atoms with Gasteiger partial charge in [-0.05, 0) is 30.3 Å². The van der Waals surface area contributed by atoms with Crippen LogP contribution in [0.3, 0.4) is 0 Å². The molecule has 5 nitrogen and oxygen atoms in total. The van der Waals surface area contributed by atoms with Gasteiger partial charge in [0, 0.05) is 18.0 Å². The van der Waals surface area contributed by atoms with Crippen LogP contribution in [0.2, 0.25) is 0 Å². The molecule has 0 saturated heterocycles. The molecule has 116 valence electrons. The summed E-state index contributed by atoms with van der Waals surface area (Å²) >= 11 is 0. The summed E-state index contributed by atoms with van der Waals surface area (Å²) in [7, 11) is 0. The lowest BCUT2D eigenvalue weighted by atomic mass is 10.1. The number of carbonyl (C=O) groups excluding carboxylic acids is 1. The third-order valence-corrected chi connectivity index (χ3v) is 3.27. The third kappa shape index (κ3) is 2.76. The number of amides is 1. The van der Waals surface area contributed by atoms with Gasteiger partial charge in [-0.15, -0.1) is 0 Å². The van der Waals surface area contributed by atoms with Crippen LogP contribution in [0.15, 0.2) is 47.4 Å². The van der Waals surface area contributed by atoms with Gasteiger partial charge in [0.25, 0.3) is 5.91 Å². The quantitative estimate of drug-likeness (QED) is 0.636. The Bertz CT molecular complexity index is 965. The molecule has 2 aromatic carbocycles. The van der Waals surface area contributed by atoms with Crippen LogP contribution in [-0.4, -0.2) is 16.0 Å². The standard InChI is InChI=1S/C16H10F2N2O3/c17-8-5-11-14(13(18)6-8)19-7-12(15(11)22)16(23)20-9-1-3-10(21)4-2-9/h1-7,21H,(H,19,22)(H,20,23). The van der Waals surface area contributed by atoms with Gasteiger partial charge in [0.1, 0.15) is 22.9 Å². The van der Waals surface area contributed by atoms with Gasteiger partial charge < -0.3 is 15.4 Å². The van der Waals surface area contributed by atoms with Crippen molar-refractivity contribution in [2.24, 2.45) is 0 Å². The highest BCUT2D eigenvalue weighted by Crippen LogP contribution is 2.17. The Morgan fingerprint density at radius 3 is 2.52 bits per heavy atom. The van der Waals surface area contributed by atoms with Gasteiger partial charge in [0.05, 0.1) is 10.9 Å². The lowest BCUT2D eigenvalue weighted by Gasteiger charge is -2.06. The highest BCUT2D eigenvalue weighted by molar-refractivity contribution is 6.05. The van der Waals surface area contributed by atoms with Crippen LogP contribution in [-0.2, 0) is 0 Å². The van der Waals surface area contributed by atoms with Crippen LogP contribution in [0.5, 0.6) is 5.75 Å². The van der Waals surface area contributed by atoms with Crippen LogP contribution in [0.1, 0.15) is 10.4 Å². The summed E-state index contributed by atoms with van der Waals surface area (Å²) < 4.78 is 26.9. The minimum absolute atomic E-state index is 0.0255. The first-order valence-corrected chi connectivity index (χ1v) is 6.56. The number of carbonyl (C=O) groups is 1. The molecule has 0 fully saturated rings. The van der Waals surface area contributed by atoms with Crippen LogP contribution in [0.25, 0.3) is 10.9 Å². The summed E-state index contributed by atoms with van der Waals surface area (Å²) in [5.41, 5.74) is -0.876. The van der Waals surface area contributed by atoms with E-state index in [4.69, 9.17) is 0 Å². The van der Waals surface area contributed by atoms with E-state index < -0.39 is 23.0 Å². The van der Waals surface area contributed by atoms with E-state index >= 15 is 0 Å². The lowest BCUT2D eigenvalue weighted by molar-refractivity contribution is 0.102. The number of pyridine rings is 1. The molecule has 0 aliphatic carbocycles. The van der Waals surface area contributed by atoms with Crippen molar-refractivity contribution in [1.82, 2.24) is 4.98 Å². The van der Waals surface area contributed by atoms with E-state index in [2.05, 4.69) is 10.3 Å². The van der Waals surface area contributed by atoms with Crippen molar-refractivity contribution in [1.29, 1.82) is 0 Å². The number of hydrogen-bond donors (Lipinski definition) is 3. The minimum atomic E-state index is -0.914. The van der Waals surface area contributed by atoms with Crippen LogP contribution >= 0.6 is 0 Å². The molecule has 3 N–H and O–H groups in total.